The number of carbonyl (C=O) groups excluding carboxylic acids is 1. The van der Waals surface area contributed by atoms with Gasteiger partial charge in [0.25, 0.3) is 0 Å². The fourth-order valence-corrected chi connectivity index (χ4v) is 3.44. The Kier molecular flexibility index (Phi) is 5.48. The van der Waals surface area contributed by atoms with Crippen LogP contribution in [0.5, 0.6) is 0 Å². The van der Waals surface area contributed by atoms with E-state index < -0.39 is 0 Å². The lowest BCUT2D eigenvalue weighted by Crippen LogP contribution is -2.45. The maximum atomic E-state index is 13.2. The molecule has 0 saturated carbocycles. The molecule has 1 aliphatic rings. The Balaban J connectivity index is 1.76. The summed E-state index contributed by atoms with van der Waals surface area (Å²) in [7, 11) is 3.90. The molecule has 1 fully saturated rings. The van der Waals surface area contributed by atoms with Crippen molar-refractivity contribution in [3.05, 3.63) is 47.6 Å². The number of hydrogen-bond acceptors (Lipinski definition) is 5. The number of likely N-dealkylation sites (tertiary alicyclic amines) is 1. The summed E-state index contributed by atoms with van der Waals surface area (Å²) < 4.78 is 5.24. The van der Waals surface area contributed by atoms with Gasteiger partial charge < -0.3 is 9.42 Å². The average Bonchev–Trinajstić information content (AvgIpc) is 3.12. The summed E-state index contributed by atoms with van der Waals surface area (Å²) in [6.45, 7) is 3.43. The molecule has 1 aliphatic heterocycles. The van der Waals surface area contributed by atoms with Gasteiger partial charge in [-0.05, 0) is 32.5 Å². The van der Waals surface area contributed by atoms with Crippen LogP contribution in [-0.4, -0.2) is 53.0 Å². The third-order valence-corrected chi connectivity index (χ3v) is 4.75. The largest absolute Gasteiger partial charge is 0.340 e. The van der Waals surface area contributed by atoms with Crippen LogP contribution in [0.15, 0.2) is 34.9 Å². The van der Waals surface area contributed by atoms with Crippen LogP contribution in [0.3, 0.4) is 0 Å². The van der Waals surface area contributed by atoms with Gasteiger partial charge in [0.05, 0.1) is 0 Å². The van der Waals surface area contributed by atoms with Crippen molar-refractivity contribution >= 4 is 5.91 Å². The van der Waals surface area contributed by atoms with Gasteiger partial charge in [-0.25, -0.2) is 0 Å². The molecule has 1 aromatic carbocycles. The molecule has 1 aromatic heterocycles. The summed E-state index contributed by atoms with van der Waals surface area (Å²) in [6, 6.07) is 9.68. The molecule has 134 valence electrons. The number of carbonyl (C=O) groups is 1. The zero-order valence-electron chi connectivity index (χ0n) is 15.2. The molecular weight excluding hydrogens is 316 g/mol. The average molecular weight is 342 g/mol. The van der Waals surface area contributed by atoms with Crippen molar-refractivity contribution in [2.24, 2.45) is 0 Å². The highest BCUT2D eigenvalue weighted by molar-refractivity contribution is 5.83. The molecule has 2 atom stereocenters. The summed E-state index contributed by atoms with van der Waals surface area (Å²) in [5.74, 6) is 1.69. The van der Waals surface area contributed by atoms with Crippen molar-refractivity contribution in [1.29, 1.82) is 0 Å². The molecule has 3 rings (SSSR count). The Labute approximate surface area is 148 Å². The Morgan fingerprint density at radius 1 is 1.36 bits per heavy atom. The van der Waals surface area contributed by atoms with Crippen LogP contribution in [0, 0.1) is 0 Å². The van der Waals surface area contributed by atoms with E-state index in [0.29, 0.717) is 12.4 Å². The molecule has 2 heterocycles. The highest BCUT2D eigenvalue weighted by Gasteiger charge is 2.33. The minimum absolute atomic E-state index is 0.139. The van der Waals surface area contributed by atoms with Crippen molar-refractivity contribution < 1.29 is 9.32 Å². The van der Waals surface area contributed by atoms with E-state index in [1.54, 1.807) is 0 Å². The third kappa shape index (κ3) is 3.90. The van der Waals surface area contributed by atoms with Crippen LogP contribution < -0.4 is 0 Å². The van der Waals surface area contributed by atoms with Gasteiger partial charge in [-0.1, -0.05) is 42.4 Å². The van der Waals surface area contributed by atoms with Gasteiger partial charge in [0.1, 0.15) is 6.04 Å². The minimum atomic E-state index is -0.267. The van der Waals surface area contributed by atoms with E-state index in [0.717, 1.165) is 37.2 Å². The van der Waals surface area contributed by atoms with E-state index in [4.69, 9.17) is 4.52 Å². The first-order valence-electron chi connectivity index (χ1n) is 8.92. The number of aromatic nitrogens is 2. The van der Waals surface area contributed by atoms with E-state index in [2.05, 4.69) is 10.1 Å². The molecule has 1 amide bonds. The normalized spacial score (nSPS) is 19.2. The van der Waals surface area contributed by atoms with E-state index in [9.17, 15) is 4.79 Å². The van der Waals surface area contributed by atoms with Crippen molar-refractivity contribution in [3.63, 3.8) is 0 Å². The summed E-state index contributed by atoms with van der Waals surface area (Å²) in [4.78, 5) is 21.6. The molecule has 0 aliphatic carbocycles. The van der Waals surface area contributed by atoms with E-state index in [-0.39, 0.29) is 17.9 Å². The van der Waals surface area contributed by atoms with Gasteiger partial charge in [-0.2, -0.15) is 4.98 Å². The van der Waals surface area contributed by atoms with Crippen LogP contribution in [0.4, 0.5) is 0 Å². The molecule has 6 nitrogen and oxygen atoms in total. The molecule has 2 aromatic rings. The van der Waals surface area contributed by atoms with Crippen LogP contribution in [0.1, 0.15) is 49.0 Å². The first-order valence-corrected chi connectivity index (χ1v) is 8.92. The van der Waals surface area contributed by atoms with E-state index in [1.807, 2.05) is 61.2 Å². The Bertz CT molecular complexity index is 698. The number of rotatable bonds is 5. The second kappa shape index (κ2) is 7.78. The minimum Gasteiger partial charge on any atom is -0.340 e. The lowest BCUT2D eigenvalue weighted by atomic mass is 9.95. The smallest absolute Gasteiger partial charge is 0.244 e. The van der Waals surface area contributed by atoms with Crippen molar-refractivity contribution in [2.45, 2.75) is 38.1 Å². The first kappa shape index (κ1) is 17.6. The SMILES string of the molecule is CCc1nc([C@@H]2CCCN(C(=O)[C@@H](c3ccccc3)N(C)C)C2)no1. The van der Waals surface area contributed by atoms with Gasteiger partial charge in [0, 0.05) is 25.4 Å². The molecule has 6 heteroatoms. The number of piperidine rings is 1. The Morgan fingerprint density at radius 3 is 2.76 bits per heavy atom. The van der Waals surface area contributed by atoms with Gasteiger partial charge in [-0.3, -0.25) is 9.69 Å². The first-order chi connectivity index (χ1) is 12.1. The number of nitrogens with zero attached hydrogens (tertiary/aromatic N) is 4. The van der Waals surface area contributed by atoms with Crippen LogP contribution in [0.2, 0.25) is 0 Å². The van der Waals surface area contributed by atoms with Crippen molar-refractivity contribution in [2.75, 3.05) is 27.2 Å². The molecule has 25 heavy (non-hydrogen) atoms. The summed E-state index contributed by atoms with van der Waals surface area (Å²) >= 11 is 0. The standard InChI is InChI=1S/C19H26N4O2/c1-4-16-20-18(21-25-16)15-11-8-12-23(13-15)19(24)17(22(2)3)14-9-6-5-7-10-14/h5-7,9-10,15,17H,4,8,11-13H2,1-3H3/t15-,17-/m1/s1. The molecule has 1 saturated heterocycles. The van der Waals surface area contributed by atoms with Crippen molar-refractivity contribution in [1.82, 2.24) is 19.9 Å². The predicted molar refractivity (Wildman–Crippen MR) is 95.1 cm³/mol. The lowest BCUT2D eigenvalue weighted by Gasteiger charge is -2.35. The molecular formula is C19H26N4O2. The van der Waals surface area contributed by atoms with Gasteiger partial charge >= 0.3 is 0 Å². The zero-order valence-corrected chi connectivity index (χ0v) is 15.2. The highest BCUT2D eigenvalue weighted by atomic mass is 16.5. The summed E-state index contributed by atoms with van der Waals surface area (Å²) in [5.41, 5.74) is 1.02. The molecule has 0 bridgehead atoms. The third-order valence-electron chi connectivity index (χ3n) is 4.75. The van der Waals surface area contributed by atoms with E-state index in [1.165, 1.54) is 0 Å². The monoisotopic (exact) mass is 342 g/mol. The highest BCUT2D eigenvalue weighted by Crippen LogP contribution is 2.28. The molecule has 0 radical (unpaired) electrons. The van der Waals surface area contributed by atoms with Crippen LogP contribution in [0.25, 0.3) is 0 Å². The Morgan fingerprint density at radius 2 is 2.12 bits per heavy atom. The fraction of sp³-hybridized carbons (Fsp3) is 0.526. The van der Waals surface area contributed by atoms with Crippen LogP contribution >= 0.6 is 0 Å². The maximum Gasteiger partial charge on any atom is 0.244 e. The second-order valence-corrected chi connectivity index (χ2v) is 6.80. The number of likely N-dealkylation sites (N-methyl/N-ethyl adjacent to an activating group) is 1. The molecule has 0 unspecified atom stereocenters. The van der Waals surface area contributed by atoms with Crippen LogP contribution in [-0.2, 0) is 11.2 Å². The lowest BCUT2D eigenvalue weighted by molar-refractivity contribution is -0.137. The Hall–Kier alpha value is -2.21. The van der Waals surface area contributed by atoms with Crippen molar-refractivity contribution in [3.8, 4) is 0 Å². The maximum absolute atomic E-state index is 13.2. The number of aryl methyl sites for hydroxylation is 1. The van der Waals surface area contributed by atoms with Gasteiger partial charge in [0.15, 0.2) is 5.82 Å². The number of amides is 1. The predicted octanol–water partition coefficient (Wildman–Crippen LogP) is 2.64. The number of hydrogen-bond donors (Lipinski definition) is 0. The van der Waals surface area contributed by atoms with Gasteiger partial charge in [-0.15, -0.1) is 0 Å². The molecule has 0 N–H and O–H groups in total. The quantitative estimate of drug-likeness (QED) is 0.836. The zero-order chi connectivity index (χ0) is 17.8. The topological polar surface area (TPSA) is 62.5 Å². The summed E-state index contributed by atoms with van der Waals surface area (Å²) in [5, 5.41) is 4.11. The molecule has 0 spiro atoms. The number of benzene rings is 1. The summed E-state index contributed by atoms with van der Waals surface area (Å²) in [6.07, 6.45) is 2.69. The fourth-order valence-electron chi connectivity index (χ4n) is 3.44. The van der Waals surface area contributed by atoms with Gasteiger partial charge in [0.2, 0.25) is 11.8 Å². The second-order valence-electron chi connectivity index (χ2n) is 6.80. The van der Waals surface area contributed by atoms with E-state index >= 15 is 0 Å².